The van der Waals surface area contributed by atoms with Crippen molar-refractivity contribution in [3.63, 3.8) is 0 Å². The molecule has 1 fully saturated rings. The van der Waals surface area contributed by atoms with E-state index in [1.165, 1.54) is 13.5 Å². The first-order chi connectivity index (χ1) is 6.27. The first-order valence-corrected chi connectivity index (χ1v) is 4.83. The summed E-state index contributed by atoms with van der Waals surface area (Å²) in [7, 11) is 1.43. The quantitative estimate of drug-likeness (QED) is 0.639. The lowest BCUT2D eigenvalue weighted by molar-refractivity contribution is 0.0911. The zero-order valence-electron chi connectivity index (χ0n) is 8.45. The monoisotopic (exact) mass is 186 g/mol. The van der Waals surface area contributed by atoms with Gasteiger partial charge in [-0.15, -0.1) is 0 Å². The Kier molecular flexibility index (Phi) is 4.02. The fraction of sp³-hybridized carbons (Fsp3) is 0.889. The van der Waals surface area contributed by atoms with Crippen molar-refractivity contribution in [2.75, 3.05) is 39.8 Å². The summed E-state index contributed by atoms with van der Waals surface area (Å²) in [5.74, 6) is 0. The van der Waals surface area contributed by atoms with Gasteiger partial charge in [0.2, 0.25) is 0 Å². The number of amides is 1. The minimum Gasteiger partial charge on any atom is -0.453 e. The first-order valence-electron chi connectivity index (χ1n) is 4.83. The second-order valence-electron chi connectivity index (χ2n) is 3.30. The highest BCUT2D eigenvalue weighted by Gasteiger charge is 2.20. The molecule has 1 aliphatic rings. The summed E-state index contributed by atoms with van der Waals surface area (Å²) >= 11 is 0. The van der Waals surface area contributed by atoms with Crippen molar-refractivity contribution in [1.82, 2.24) is 9.80 Å². The van der Waals surface area contributed by atoms with Crippen LogP contribution in [0.2, 0.25) is 0 Å². The fourth-order valence-corrected chi connectivity index (χ4v) is 1.60. The van der Waals surface area contributed by atoms with Gasteiger partial charge < -0.3 is 9.64 Å². The van der Waals surface area contributed by atoms with Crippen LogP contribution in [0.3, 0.4) is 0 Å². The lowest BCUT2D eigenvalue weighted by atomic mass is 10.3. The summed E-state index contributed by atoms with van der Waals surface area (Å²) in [5, 5.41) is 0. The number of nitrogens with zero attached hydrogens (tertiary/aromatic N) is 2. The maximum absolute atomic E-state index is 11.1. The predicted molar refractivity (Wildman–Crippen MR) is 50.7 cm³/mol. The van der Waals surface area contributed by atoms with E-state index in [2.05, 4.69) is 16.6 Å². The number of methoxy groups -OCH3 is 1. The van der Waals surface area contributed by atoms with Crippen LogP contribution in [0.1, 0.15) is 13.3 Å². The molecule has 1 rings (SSSR count). The van der Waals surface area contributed by atoms with Crippen molar-refractivity contribution in [3.8, 4) is 0 Å². The smallest absolute Gasteiger partial charge is 0.409 e. The van der Waals surface area contributed by atoms with Gasteiger partial charge in [0, 0.05) is 26.2 Å². The molecular weight excluding hydrogens is 168 g/mol. The summed E-state index contributed by atoms with van der Waals surface area (Å²) in [5.41, 5.74) is 0. The third kappa shape index (κ3) is 2.88. The molecule has 0 N–H and O–H groups in total. The summed E-state index contributed by atoms with van der Waals surface area (Å²) in [6.45, 7) is 6.85. The van der Waals surface area contributed by atoms with Crippen molar-refractivity contribution >= 4 is 6.09 Å². The van der Waals surface area contributed by atoms with Gasteiger partial charge in [-0.1, -0.05) is 6.92 Å². The lowest BCUT2D eigenvalue weighted by Crippen LogP contribution is -2.48. The average Bonchev–Trinajstić information content (AvgIpc) is 2.18. The maximum Gasteiger partial charge on any atom is 0.409 e. The van der Waals surface area contributed by atoms with Crippen LogP contribution in [-0.2, 0) is 4.74 Å². The first kappa shape index (κ1) is 10.3. The number of piperazine rings is 1. The molecule has 0 aromatic carbocycles. The third-order valence-corrected chi connectivity index (χ3v) is 2.34. The van der Waals surface area contributed by atoms with Gasteiger partial charge in [0.05, 0.1) is 7.11 Å². The van der Waals surface area contributed by atoms with Gasteiger partial charge >= 0.3 is 6.09 Å². The van der Waals surface area contributed by atoms with Crippen LogP contribution < -0.4 is 0 Å². The molecule has 1 amide bonds. The second kappa shape index (κ2) is 5.07. The Morgan fingerprint density at radius 2 is 1.92 bits per heavy atom. The van der Waals surface area contributed by atoms with Crippen LogP contribution in [0.15, 0.2) is 0 Å². The molecule has 0 radical (unpaired) electrons. The average molecular weight is 186 g/mol. The van der Waals surface area contributed by atoms with E-state index in [4.69, 9.17) is 0 Å². The lowest BCUT2D eigenvalue weighted by Gasteiger charge is -2.33. The molecule has 0 bridgehead atoms. The molecule has 0 aromatic rings. The van der Waals surface area contributed by atoms with E-state index in [0.29, 0.717) is 0 Å². The van der Waals surface area contributed by atoms with Crippen molar-refractivity contribution < 1.29 is 9.53 Å². The number of carbonyl (C=O) groups is 1. The van der Waals surface area contributed by atoms with Crippen molar-refractivity contribution in [3.05, 3.63) is 0 Å². The van der Waals surface area contributed by atoms with E-state index in [0.717, 1.165) is 32.7 Å². The Morgan fingerprint density at radius 1 is 1.31 bits per heavy atom. The largest absolute Gasteiger partial charge is 0.453 e. The summed E-state index contributed by atoms with van der Waals surface area (Å²) < 4.78 is 4.65. The normalized spacial score (nSPS) is 18.8. The number of carbonyl (C=O) groups excluding carboxylic acids is 1. The Balaban J connectivity index is 2.26. The highest BCUT2D eigenvalue weighted by Crippen LogP contribution is 2.03. The van der Waals surface area contributed by atoms with E-state index in [1.54, 1.807) is 4.90 Å². The van der Waals surface area contributed by atoms with E-state index >= 15 is 0 Å². The van der Waals surface area contributed by atoms with Gasteiger partial charge in [0.15, 0.2) is 0 Å². The maximum atomic E-state index is 11.1. The van der Waals surface area contributed by atoms with E-state index in [1.807, 2.05) is 0 Å². The topological polar surface area (TPSA) is 32.8 Å². The standard InChI is InChI=1S/C9H18N2O2/c1-3-4-10-5-7-11(8-6-10)9(12)13-2/h3-8H2,1-2H3. The Morgan fingerprint density at radius 3 is 2.38 bits per heavy atom. The highest BCUT2D eigenvalue weighted by atomic mass is 16.5. The van der Waals surface area contributed by atoms with Crippen LogP contribution in [0.4, 0.5) is 4.79 Å². The molecular formula is C9H18N2O2. The zero-order valence-corrected chi connectivity index (χ0v) is 8.45. The number of ether oxygens (including phenoxy) is 1. The minimum absolute atomic E-state index is 0.198. The van der Waals surface area contributed by atoms with Crippen LogP contribution >= 0.6 is 0 Å². The van der Waals surface area contributed by atoms with Gasteiger partial charge in [-0.3, -0.25) is 4.90 Å². The molecule has 1 heterocycles. The van der Waals surface area contributed by atoms with Gasteiger partial charge in [0.25, 0.3) is 0 Å². The molecule has 4 heteroatoms. The molecule has 1 aliphatic heterocycles. The molecule has 0 aliphatic carbocycles. The van der Waals surface area contributed by atoms with Gasteiger partial charge in [-0.05, 0) is 13.0 Å². The Labute approximate surface area is 79.4 Å². The summed E-state index contributed by atoms with van der Waals surface area (Å²) in [4.78, 5) is 15.2. The van der Waals surface area contributed by atoms with Gasteiger partial charge in [-0.2, -0.15) is 0 Å². The van der Waals surface area contributed by atoms with Gasteiger partial charge in [-0.25, -0.2) is 4.79 Å². The molecule has 0 saturated carbocycles. The highest BCUT2D eigenvalue weighted by molar-refractivity contribution is 5.67. The molecule has 0 aromatic heterocycles. The zero-order chi connectivity index (χ0) is 9.68. The van der Waals surface area contributed by atoms with E-state index < -0.39 is 0 Å². The van der Waals surface area contributed by atoms with E-state index in [9.17, 15) is 4.79 Å². The van der Waals surface area contributed by atoms with E-state index in [-0.39, 0.29) is 6.09 Å². The second-order valence-corrected chi connectivity index (χ2v) is 3.30. The Bertz CT molecular complexity index is 165. The summed E-state index contributed by atoms with van der Waals surface area (Å²) in [6.07, 6.45) is 0.981. The van der Waals surface area contributed by atoms with Crippen LogP contribution in [0.5, 0.6) is 0 Å². The minimum atomic E-state index is -0.198. The molecule has 0 unspecified atom stereocenters. The molecule has 0 spiro atoms. The van der Waals surface area contributed by atoms with Crippen molar-refractivity contribution in [2.24, 2.45) is 0 Å². The van der Waals surface area contributed by atoms with Crippen molar-refractivity contribution in [2.45, 2.75) is 13.3 Å². The molecule has 1 saturated heterocycles. The van der Waals surface area contributed by atoms with Crippen LogP contribution in [0.25, 0.3) is 0 Å². The van der Waals surface area contributed by atoms with Gasteiger partial charge in [0.1, 0.15) is 0 Å². The number of hydrogen-bond donors (Lipinski definition) is 0. The molecule has 13 heavy (non-hydrogen) atoms. The third-order valence-electron chi connectivity index (χ3n) is 2.34. The molecule has 0 atom stereocenters. The van der Waals surface area contributed by atoms with Crippen LogP contribution in [-0.4, -0.2) is 55.7 Å². The summed E-state index contributed by atoms with van der Waals surface area (Å²) in [6, 6.07) is 0. The predicted octanol–water partition coefficient (Wildman–Crippen LogP) is 0.780. The SMILES string of the molecule is CCCN1CCN(C(=O)OC)CC1. The van der Waals surface area contributed by atoms with Crippen LogP contribution in [0, 0.1) is 0 Å². The van der Waals surface area contributed by atoms with Crippen molar-refractivity contribution in [1.29, 1.82) is 0 Å². The number of hydrogen-bond acceptors (Lipinski definition) is 3. The fourth-order valence-electron chi connectivity index (χ4n) is 1.60. The molecule has 4 nitrogen and oxygen atoms in total. The number of rotatable bonds is 2. The Hall–Kier alpha value is -0.770. The molecule has 76 valence electrons.